The minimum absolute atomic E-state index is 0. The van der Waals surface area contributed by atoms with Gasteiger partial charge in [0.1, 0.15) is 6.04 Å². The van der Waals surface area contributed by atoms with Crippen molar-refractivity contribution < 1.29 is 9.59 Å². The van der Waals surface area contributed by atoms with Gasteiger partial charge in [0.2, 0.25) is 11.8 Å². The first-order chi connectivity index (χ1) is 10.5. The van der Waals surface area contributed by atoms with Crippen LogP contribution in [0.15, 0.2) is 30.3 Å². The molecule has 0 spiro atoms. The van der Waals surface area contributed by atoms with E-state index in [0.717, 1.165) is 12.0 Å². The van der Waals surface area contributed by atoms with E-state index >= 15 is 0 Å². The van der Waals surface area contributed by atoms with Gasteiger partial charge in [0, 0.05) is 25.6 Å². The molecule has 2 amide bonds. The van der Waals surface area contributed by atoms with Crippen molar-refractivity contribution in [2.24, 2.45) is 11.7 Å². The minimum Gasteiger partial charge on any atom is -0.352 e. The topological polar surface area (TPSA) is 75.4 Å². The molecule has 1 aromatic carbocycles. The number of nitrogens with two attached hydrogens (primary N) is 1. The van der Waals surface area contributed by atoms with Gasteiger partial charge in [0.05, 0.1) is 0 Å². The van der Waals surface area contributed by atoms with Gasteiger partial charge < -0.3 is 16.0 Å². The van der Waals surface area contributed by atoms with Gasteiger partial charge >= 0.3 is 0 Å². The third-order valence-corrected chi connectivity index (χ3v) is 4.07. The van der Waals surface area contributed by atoms with Crippen LogP contribution in [0.25, 0.3) is 0 Å². The first-order valence-electron chi connectivity index (χ1n) is 7.88. The number of hydrogen-bond acceptors (Lipinski definition) is 3. The molecule has 1 aliphatic rings. The van der Waals surface area contributed by atoms with Crippen LogP contribution in [0.5, 0.6) is 0 Å². The van der Waals surface area contributed by atoms with E-state index in [9.17, 15) is 9.59 Å². The van der Waals surface area contributed by atoms with Crippen molar-refractivity contribution in [2.45, 2.75) is 38.8 Å². The first-order valence-corrected chi connectivity index (χ1v) is 7.88. The summed E-state index contributed by atoms with van der Waals surface area (Å²) in [7, 11) is 0. The fourth-order valence-corrected chi connectivity index (χ4v) is 2.90. The normalized spacial score (nSPS) is 16.9. The van der Waals surface area contributed by atoms with Crippen molar-refractivity contribution >= 4 is 24.2 Å². The SMILES string of the molecule is CC(C)C(C(=O)NCC(N)c1ccccc1)N1CCCC1=O.Cl. The Morgan fingerprint density at radius 1 is 1.30 bits per heavy atom. The van der Waals surface area contributed by atoms with Crippen LogP contribution in [0.2, 0.25) is 0 Å². The number of halogens is 1. The lowest BCUT2D eigenvalue weighted by Gasteiger charge is -2.30. The predicted octanol–water partition coefficient (Wildman–Crippen LogP) is 1.87. The third-order valence-electron chi connectivity index (χ3n) is 4.07. The largest absolute Gasteiger partial charge is 0.352 e. The summed E-state index contributed by atoms with van der Waals surface area (Å²) < 4.78 is 0. The lowest BCUT2D eigenvalue weighted by Crippen LogP contribution is -2.51. The van der Waals surface area contributed by atoms with Crippen molar-refractivity contribution in [2.75, 3.05) is 13.1 Å². The molecule has 1 heterocycles. The van der Waals surface area contributed by atoms with Gasteiger partial charge in [-0.2, -0.15) is 0 Å². The Labute approximate surface area is 144 Å². The van der Waals surface area contributed by atoms with Crippen LogP contribution in [0.1, 0.15) is 38.3 Å². The van der Waals surface area contributed by atoms with Crippen LogP contribution < -0.4 is 11.1 Å². The molecule has 2 unspecified atom stereocenters. The summed E-state index contributed by atoms with van der Waals surface area (Å²) in [4.78, 5) is 26.1. The van der Waals surface area contributed by atoms with Crippen LogP contribution in [-0.4, -0.2) is 35.8 Å². The van der Waals surface area contributed by atoms with E-state index in [0.29, 0.717) is 19.5 Å². The molecular weight excluding hydrogens is 314 g/mol. The molecule has 0 radical (unpaired) electrons. The number of likely N-dealkylation sites (tertiary alicyclic amines) is 1. The van der Waals surface area contributed by atoms with E-state index in [1.807, 2.05) is 44.2 Å². The van der Waals surface area contributed by atoms with Crippen molar-refractivity contribution in [1.82, 2.24) is 10.2 Å². The van der Waals surface area contributed by atoms with E-state index in [1.165, 1.54) is 0 Å². The highest BCUT2D eigenvalue weighted by atomic mass is 35.5. The maximum Gasteiger partial charge on any atom is 0.243 e. The molecule has 2 atom stereocenters. The van der Waals surface area contributed by atoms with Crippen LogP contribution in [0.3, 0.4) is 0 Å². The van der Waals surface area contributed by atoms with Gasteiger partial charge in [-0.1, -0.05) is 44.2 Å². The number of carbonyl (C=O) groups excluding carboxylic acids is 2. The van der Waals surface area contributed by atoms with E-state index in [1.54, 1.807) is 4.90 Å². The summed E-state index contributed by atoms with van der Waals surface area (Å²) in [5.41, 5.74) is 7.09. The Bertz CT molecular complexity index is 522. The highest BCUT2D eigenvalue weighted by Gasteiger charge is 2.34. The molecule has 1 saturated heterocycles. The summed E-state index contributed by atoms with van der Waals surface area (Å²) in [6.07, 6.45) is 1.37. The van der Waals surface area contributed by atoms with Crippen molar-refractivity contribution in [3.63, 3.8) is 0 Å². The smallest absolute Gasteiger partial charge is 0.243 e. The summed E-state index contributed by atoms with van der Waals surface area (Å²) in [6, 6.07) is 9.03. The highest BCUT2D eigenvalue weighted by molar-refractivity contribution is 5.88. The molecule has 1 aromatic rings. The number of rotatable bonds is 6. The second kappa shape index (κ2) is 8.89. The molecule has 128 valence electrons. The lowest BCUT2D eigenvalue weighted by molar-refractivity contribution is -0.139. The minimum atomic E-state index is -0.405. The second-order valence-electron chi connectivity index (χ2n) is 6.14. The van der Waals surface area contributed by atoms with Gasteiger partial charge in [0.15, 0.2) is 0 Å². The molecule has 5 nitrogen and oxygen atoms in total. The molecule has 2 rings (SSSR count). The Kier molecular flexibility index (Phi) is 7.52. The molecule has 1 aliphatic heterocycles. The Morgan fingerprint density at radius 2 is 1.96 bits per heavy atom. The van der Waals surface area contributed by atoms with E-state index in [4.69, 9.17) is 5.73 Å². The summed E-state index contributed by atoms with van der Waals surface area (Å²) in [5, 5.41) is 2.90. The van der Waals surface area contributed by atoms with E-state index in [-0.39, 0.29) is 36.2 Å². The summed E-state index contributed by atoms with van der Waals surface area (Å²) >= 11 is 0. The first kappa shape index (κ1) is 19.5. The quantitative estimate of drug-likeness (QED) is 0.830. The van der Waals surface area contributed by atoms with E-state index < -0.39 is 6.04 Å². The number of nitrogens with zero attached hydrogens (tertiary/aromatic N) is 1. The molecule has 3 N–H and O–H groups in total. The van der Waals surface area contributed by atoms with E-state index in [2.05, 4.69) is 5.32 Å². The molecular formula is C17H26ClN3O2. The molecule has 0 aliphatic carbocycles. The van der Waals surface area contributed by atoms with Gasteiger partial charge in [-0.05, 0) is 17.9 Å². The number of hydrogen-bond donors (Lipinski definition) is 2. The fourth-order valence-electron chi connectivity index (χ4n) is 2.90. The molecule has 0 bridgehead atoms. The average molecular weight is 340 g/mol. The zero-order valence-electron chi connectivity index (χ0n) is 13.7. The molecule has 0 aromatic heterocycles. The number of benzene rings is 1. The Balaban J connectivity index is 0.00000264. The van der Waals surface area contributed by atoms with Crippen LogP contribution in [-0.2, 0) is 9.59 Å². The van der Waals surface area contributed by atoms with Crippen LogP contribution in [0, 0.1) is 5.92 Å². The maximum absolute atomic E-state index is 12.5. The number of carbonyl (C=O) groups is 2. The molecule has 0 saturated carbocycles. The van der Waals surface area contributed by atoms with Crippen molar-refractivity contribution in [3.05, 3.63) is 35.9 Å². The third kappa shape index (κ3) is 4.94. The summed E-state index contributed by atoms with van der Waals surface area (Å²) in [6.45, 7) is 4.97. The predicted molar refractivity (Wildman–Crippen MR) is 93.2 cm³/mol. The molecule has 23 heavy (non-hydrogen) atoms. The number of amides is 2. The lowest BCUT2D eigenvalue weighted by atomic mass is 10.0. The van der Waals surface area contributed by atoms with Crippen LogP contribution >= 0.6 is 12.4 Å². The van der Waals surface area contributed by atoms with Gasteiger partial charge in [0.25, 0.3) is 0 Å². The van der Waals surface area contributed by atoms with Crippen LogP contribution in [0.4, 0.5) is 0 Å². The van der Waals surface area contributed by atoms with Crippen molar-refractivity contribution in [1.29, 1.82) is 0 Å². The molecule has 6 heteroatoms. The Morgan fingerprint density at radius 3 is 2.48 bits per heavy atom. The zero-order valence-corrected chi connectivity index (χ0v) is 14.5. The molecule has 1 fully saturated rings. The van der Waals surface area contributed by atoms with Gasteiger partial charge in [-0.25, -0.2) is 0 Å². The van der Waals surface area contributed by atoms with Gasteiger partial charge in [-0.15, -0.1) is 12.4 Å². The summed E-state index contributed by atoms with van der Waals surface area (Å²) in [5.74, 6) is 0.0350. The zero-order chi connectivity index (χ0) is 16.1. The monoisotopic (exact) mass is 339 g/mol. The van der Waals surface area contributed by atoms with Gasteiger partial charge in [-0.3, -0.25) is 9.59 Å². The second-order valence-corrected chi connectivity index (χ2v) is 6.14. The number of nitrogens with one attached hydrogen (secondary N) is 1. The average Bonchev–Trinajstić information content (AvgIpc) is 2.91. The maximum atomic E-state index is 12.5. The standard InChI is InChI=1S/C17H25N3O2.ClH/c1-12(2)16(20-10-6-9-15(20)21)17(22)19-11-14(18)13-7-4-3-5-8-13;/h3-5,7-8,12,14,16H,6,9-11,18H2,1-2H3,(H,19,22);1H. The highest BCUT2D eigenvalue weighted by Crippen LogP contribution is 2.19. The fraction of sp³-hybridized carbons (Fsp3) is 0.529. The Hall–Kier alpha value is -1.59. The van der Waals surface area contributed by atoms with Crippen molar-refractivity contribution in [3.8, 4) is 0 Å².